The van der Waals surface area contributed by atoms with Crippen LogP contribution in [0.4, 0.5) is 0 Å². The molecule has 0 saturated carbocycles. The molecule has 0 aromatic carbocycles. The summed E-state index contributed by atoms with van der Waals surface area (Å²) in [7, 11) is 0. The predicted octanol–water partition coefficient (Wildman–Crippen LogP) is 0.816. The Labute approximate surface area is 110 Å². The minimum atomic E-state index is -0.328. The van der Waals surface area contributed by atoms with Gasteiger partial charge in [0, 0.05) is 30.1 Å². The summed E-state index contributed by atoms with van der Waals surface area (Å²) >= 11 is 1.65. The lowest BCUT2D eigenvalue weighted by Crippen LogP contribution is -2.41. The van der Waals surface area contributed by atoms with Crippen LogP contribution in [0.3, 0.4) is 0 Å². The summed E-state index contributed by atoms with van der Waals surface area (Å²) in [6.07, 6.45) is -0.328. The Morgan fingerprint density at radius 2 is 2.50 bits per heavy atom. The first-order chi connectivity index (χ1) is 8.83. The summed E-state index contributed by atoms with van der Waals surface area (Å²) in [5.74, 6) is 5.61. The lowest BCUT2D eigenvalue weighted by atomic mass is 10.2. The van der Waals surface area contributed by atoms with Crippen molar-refractivity contribution in [1.82, 2.24) is 4.90 Å². The number of morpholine rings is 1. The summed E-state index contributed by atoms with van der Waals surface area (Å²) < 4.78 is 5.31. The van der Waals surface area contributed by atoms with Crippen molar-refractivity contribution in [3.05, 3.63) is 21.9 Å². The first-order valence-corrected chi connectivity index (χ1v) is 6.61. The van der Waals surface area contributed by atoms with Gasteiger partial charge < -0.3 is 9.84 Å². The second kappa shape index (κ2) is 6.53. The van der Waals surface area contributed by atoms with Crippen LogP contribution < -0.4 is 0 Å². The molecule has 1 aromatic heterocycles. The molecular formula is C13H14N2O2S. The highest BCUT2D eigenvalue weighted by Gasteiger charge is 2.20. The van der Waals surface area contributed by atoms with E-state index in [1.54, 1.807) is 11.3 Å². The SMILES string of the molecule is N#CC1CN(Cc2sccc2C#CCO)CCO1. The molecule has 0 radical (unpaired) electrons. The number of rotatable bonds is 2. The van der Waals surface area contributed by atoms with Crippen LogP contribution in [0, 0.1) is 23.2 Å². The van der Waals surface area contributed by atoms with E-state index < -0.39 is 0 Å². The van der Waals surface area contributed by atoms with E-state index in [9.17, 15) is 0 Å². The highest BCUT2D eigenvalue weighted by atomic mass is 32.1. The van der Waals surface area contributed by atoms with Gasteiger partial charge in [-0.15, -0.1) is 11.3 Å². The van der Waals surface area contributed by atoms with Crippen LogP contribution in [-0.4, -0.2) is 42.4 Å². The van der Waals surface area contributed by atoms with Crippen molar-refractivity contribution in [2.75, 3.05) is 26.3 Å². The van der Waals surface area contributed by atoms with Crippen molar-refractivity contribution in [2.24, 2.45) is 0 Å². The number of nitriles is 1. The lowest BCUT2D eigenvalue weighted by Gasteiger charge is -2.29. The van der Waals surface area contributed by atoms with Gasteiger partial charge in [0.1, 0.15) is 6.61 Å². The highest BCUT2D eigenvalue weighted by molar-refractivity contribution is 7.10. The molecule has 18 heavy (non-hydrogen) atoms. The van der Waals surface area contributed by atoms with Gasteiger partial charge in [-0.2, -0.15) is 5.26 Å². The third kappa shape index (κ3) is 3.32. The number of hydrogen-bond acceptors (Lipinski definition) is 5. The Bertz CT molecular complexity index is 495. The van der Waals surface area contributed by atoms with Crippen molar-refractivity contribution >= 4 is 11.3 Å². The zero-order valence-electron chi connectivity index (χ0n) is 9.93. The molecular weight excluding hydrogens is 248 g/mol. The Hall–Kier alpha value is -1.37. The Morgan fingerprint density at radius 3 is 3.28 bits per heavy atom. The molecule has 0 aliphatic carbocycles. The molecule has 0 bridgehead atoms. The number of aliphatic hydroxyl groups excluding tert-OH is 1. The van der Waals surface area contributed by atoms with E-state index >= 15 is 0 Å². The molecule has 1 saturated heterocycles. The van der Waals surface area contributed by atoms with Crippen LogP contribution in [0.2, 0.25) is 0 Å². The Kier molecular flexibility index (Phi) is 4.74. The number of ether oxygens (including phenoxy) is 1. The summed E-state index contributed by atoms with van der Waals surface area (Å²) in [5.41, 5.74) is 0.967. The van der Waals surface area contributed by atoms with Gasteiger partial charge in [-0.3, -0.25) is 4.90 Å². The molecule has 1 unspecified atom stereocenters. The standard InChI is InChI=1S/C13H14N2O2S/c14-8-12-9-15(4-6-17-12)10-13-11(2-1-5-16)3-7-18-13/h3,7,12,16H,4-6,9-10H2. The van der Waals surface area contributed by atoms with Crippen molar-refractivity contribution in [1.29, 1.82) is 5.26 Å². The van der Waals surface area contributed by atoms with E-state index in [4.69, 9.17) is 15.1 Å². The van der Waals surface area contributed by atoms with Crippen LogP contribution in [0.25, 0.3) is 0 Å². The van der Waals surface area contributed by atoms with E-state index in [2.05, 4.69) is 22.8 Å². The number of aliphatic hydroxyl groups is 1. The Morgan fingerprint density at radius 1 is 1.61 bits per heavy atom. The van der Waals surface area contributed by atoms with Gasteiger partial charge in [0.2, 0.25) is 0 Å². The molecule has 4 nitrogen and oxygen atoms in total. The first kappa shape index (κ1) is 13.1. The molecule has 0 amide bonds. The van der Waals surface area contributed by atoms with E-state index in [0.29, 0.717) is 13.2 Å². The van der Waals surface area contributed by atoms with Gasteiger partial charge in [0.25, 0.3) is 0 Å². The minimum absolute atomic E-state index is 0.122. The molecule has 1 aliphatic rings. The largest absolute Gasteiger partial charge is 0.384 e. The first-order valence-electron chi connectivity index (χ1n) is 5.73. The molecule has 94 valence electrons. The third-order valence-electron chi connectivity index (χ3n) is 2.71. The van der Waals surface area contributed by atoms with Gasteiger partial charge >= 0.3 is 0 Å². The smallest absolute Gasteiger partial charge is 0.156 e. The number of hydrogen-bond donors (Lipinski definition) is 1. The van der Waals surface area contributed by atoms with E-state index in [1.807, 2.05) is 11.4 Å². The zero-order valence-corrected chi connectivity index (χ0v) is 10.7. The van der Waals surface area contributed by atoms with E-state index in [1.165, 1.54) is 4.88 Å². The van der Waals surface area contributed by atoms with Gasteiger partial charge in [-0.1, -0.05) is 11.8 Å². The average Bonchev–Trinajstić information content (AvgIpc) is 2.84. The summed E-state index contributed by atoms with van der Waals surface area (Å²) in [6.45, 7) is 2.74. The maximum atomic E-state index is 8.86. The highest BCUT2D eigenvalue weighted by Crippen LogP contribution is 2.19. The molecule has 2 rings (SSSR count). The van der Waals surface area contributed by atoms with E-state index in [0.717, 1.165) is 18.7 Å². The number of nitrogens with zero attached hydrogens (tertiary/aromatic N) is 2. The summed E-state index contributed by atoms with van der Waals surface area (Å²) in [5, 5.41) is 19.6. The maximum Gasteiger partial charge on any atom is 0.156 e. The van der Waals surface area contributed by atoms with Crippen molar-refractivity contribution in [3.8, 4) is 17.9 Å². The van der Waals surface area contributed by atoms with Crippen LogP contribution in [0.1, 0.15) is 10.4 Å². The van der Waals surface area contributed by atoms with Crippen LogP contribution in [-0.2, 0) is 11.3 Å². The molecule has 1 fully saturated rings. The second-order valence-corrected chi connectivity index (χ2v) is 4.94. The Balaban J connectivity index is 2.01. The van der Waals surface area contributed by atoms with E-state index in [-0.39, 0.29) is 12.7 Å². The topological polar surface area (TPSA) is 56.5 Å². The van der Waals surface area contributed by atoms with Crippen LogP contribution in [0.5, 0.6) is 0 Å². The molecule has 1 atom stereocenters. The average molecular weight is 262 g/mol. The van der Waals surface area contributed by atoms with Crippen molar-refractivity contribution in [2.45, 2.75) is 12.6 Å². The van der Waals surface area contributed by atoms with Crippen molar-refractivity contribution < 1.29 is 9.84 Å². The fourth-order valence-electron chi connectivity index (χ4n) is 1.84. The molecule has 1 N–H and O–H groups in total. The van der Waals surface area contributed by atoms with Gasteiger partial charge in [0.05, 0.1) is 12.7 Å². The van der Waals surface area contributed by atoms with Crippen molar-refractivity contribution in [3.63, 3.8) is 0 Å². The maximum absolute atomic E-state index is 8.86. The molecule has 5 heteroatoms. The number of thiophene rings is 1. The summed E-state index contributed by atoms with van der Waals surface area (Å²) in [4.78, 5) is 3.38. The van der Waals surface area contributed by atoms with Gasteiger partial charge in [-0.25, -0.2) is 0 Å². The molecule has 2 heterocycles. The molecule has 0 spiro atoms. The fourth-order valence-corrected chi connectivity index (χ4v) is 2.71. The quantitative estimate of drug-likeness (QED) is 0.802. The zero-order chi connectivity index (χ0) is 12.8. The third-order valence-corrected chi connectivity index (χ3v) is 3.62. The van der Waals surface area contributed by atoms with Crippen LogP contribution in [0.15, 0.2) is 11.4 Å². The monoisotopic (exact) mass is 262 g/mol. The normalized spacial score (nSPS) is 19.9. The van der Waals surface area contributed by atoms with Gasteiger partial charge in [0.15, 0.2) is 6.10 Å². The predicted molar refractivity (Wildman–Crippen MR) is 68.9 cm³/mol. The fraction of sp³-hybridized carbons (Fsp3) is 0.462. The van der Waals surface area contributed by atoms with Crippen LogP contribution >= 0.6 is 11.3 Å². The lowest BCUT2D eigenvalue weighted by molar-refractivity contribution is -0.00235. The summed E-state index contributed by atoms with van der Waals surface area (Å²) in [6, 6.07) is 4.10. The molecule has 1 aromatic rings. The molecule has 1 aliphatic heterocycles. The van der Waals surface area contributed by atoms with Gasteiger partial charge in [-0.05, 0) is 11.4 Å². The second-order valence-electron chi connectivity index (χ2n) is 3.94. The minimum Gasteiger partial charge on any atom is -0.384 e.